The van der Waals surface area contributed by atoms with Crippen molar-refractivity contribution in [2.24, 2.45) is 5.92 Å². The summed E-state index contributed by atoms with van der Waals surface area (Å²) in [6.45, 7) is 4.22. The Morgan fingerprint density at radius 3 is 2.81 bits per heavy atom. The highest BCUT2D eigenvalue weighted by molar-refractivity contribution is 5.85. The van der Waals surface area contributed by atoms with Crippen LogP contribution < -0.4 is 10.6 Å². The molecule has 3 rings (SSSR count). The van der Waals surface area contributed by atoms with Gasteiger partial charge in [-0.05, 0) is 55.6 Å². The standard InChI is InChI=1S/C16H22N4.ClH/c1-3-15(11-17-8-1)12-18-16-6-4-14(5-7-16)13-20-10-2-9-19-20;/h2,4-7,9-10,15,17-18H,1,3,8,11-13H2;1H. The van der Waals surface area contributed by atoms with Gasteiger partial charge in [-0.1, -0.05) is 12.1 Å². The van der Waals surface area contributed by atoms with E-state index in [0.29, 0.717) is 0 Å². The summed E-state index contributed by atoms with van der Waals surface area (Å²) in [4.78, 5) is 0. The second-order valence-electron chi connectivity index (χ2n) is 5.49. The van der Waals surface area contributed by atoms with Crippen LogP contribution in [0.15, 0.2) is 42.7 Å². The largest absolute Gasteiger partial charge is 0.385 e. The molecule has 4 nitrogen and oxygen atoms in total. The highest BCUT2D eigenvalue weighted by Gasteiger charge is 2.12. The van der Waals surface area contributed by atoms with Gasteiger partial charge in [-0.25, -0.2) is 0 Å². The smallest absolute Gasteiger partial charge is 0.0659 e. The van der Waals surface area contributed by atoms with E-state index < -0.39 is 0 Å². The van der Waals surface area contributed by atoms with E-state index in [1.807, 2.05) is 23.1 Å². The Morgan fingerprint density at radius 2 is 2.14 bits per heavy atom. The molecule has 1 saturated heterocycles. The van der Waals surface area contributed by atoms with Crippen LogP contribution in [0, 0.1) is 5.92 Å². The topological polar surface area (TPSA) is 41.9 Å². The van der Waals surface area contributed by atoms with Crippen LogP contribution in [0.2, 0.25) is 0 Å². The third kappa shape index (κ3) is 4.76. The first-order chi connectivity index (χ1) is 9.90. The minimum Gasteiger partial charge on any atom is -0.385 e. The van der Waals surface area contributed by atoms with Crippen LogP contribution in [0.1, 0.15) is 18.4 Å². The Morgan fingerprint density at radius 1 is 1.29 bits per heavy atom. The number of rotatable bonds is 5. The lowest BCUT2D eigenvalue weighted by atomic mass is 10.00. The summed E-state index contributed by atoms with van der Waals surface area (Å²) in [7, 11) is 0. The molecule has 0 radical (unpaired) electrons. The lowest BCUT2D eigenvalue weighted by Crippen LogP contribution is -2.33. The molecule has 1 aliphatic rings. The van der Waals surface area contributed by atoms with Gasteiger partial charge in [-0.2, -0.15) is 5.10 Å². The number of nitrogens with zero attached hydrogens (tertiary/aromatic N) is 2. The van der Waals surface area contributed by atoms with Gasteiger partial charge in [0.2, 0.25) is 0 Å². The maximum absolute atomic E-state index is 4.23. The normalized spacial score (nSPS) is 18.0. The predicted octanol–water partition coefficient (Wildman–Crippen LogP) is 2.76. The molecular formula is C16H23ClN4. The highest BCUT2D eigenvalue weighted by atomic mass is 35.5. The SMILES string of the molecule is Cl.c1cnn(Cc2ccc(NCC3CCCNC3)cc2)c1. The van der Waals surface area contributed by atoms with Crippen molar-refractivity contribution in [2.45, 2.75) is 19.4 Å². The van der Waals surface area contributed by atoms with Crippen LogP contribution in [0.3, 0.4) is 0 Å². The number of anilines is 1. The van der Waals surface area contributed by atoms with E-state index in [0.717, 1.165) is 25.6 Å². The first-order valence-electron chi connectivity index (χ1n) is 7.41. The van der Waals surface area contributed by atoms with E-state index in [1.54, 1.807) is 0 Å². The van der Waals surface area contributed by atoms with E-state index >= 15 is 0 Å². The molecule has 0 aliphatic carbocycles. The average molecular weight is 307 g/mol. The molecule has 2 aromatic rings. The first-order valence-corrected chi connectivity index (χ1v) is 7.41. The number of hydrogen-bond donors (Lipinski definition) is 2. The molecule has 2 N–H and O–H groups in total. The van der Waals surface area contributed by atoms with Crippen molar-refractivity contribution in [2.75, 3.05) is 25.0 Å². The summed E-state index contributed by atoms with van der Waals surface area (Å²) < 4.78 is 1.94. The van der Waals surface area contributed by atoms with E-state index in [-0.39, 0.29) is 12.4 Å². The number of benzene rings is 1. The lowest BCUT2D eigenvalue weighted by Gasteiger charge is -2.23. The van der Waals surface area contributed by atoms with Crippen molar-refractivity contribution in [1.29, 1.82) is 0 Å². The second-order valence-corrected chi connectivity index (χ2v) is 5.49. The van der Waals surface area contributed by atoms with Gasteiger partial charge in [0, 0.05) is 24.6 Å². The Balaban J connectivity index is 0.00000161. The van der Waals surface area contributed by atoms with Crippen LogP contribution in [0.4, 0.5) is 5.69 Å². The summed E-state index contributed by atoms with van der Waals surface area (Å²) in [5, 5.41) is 11.2. The summed E-state index contributed by atoms with van der Waals surface area (Å²) in [5.41, 5.74) is 2.48. The molecule has 0 amide bonds. The molecular weight excluding hydrogens is 284 g/mol. The van der Waals surface area contributed by atoms with Crippen molar-refractivity contribution in [3.63, 3.8) is 0 Å². The second kappa shape index (κ2) is 8.05. The van der Waals surface area contributed by atoms with Crippen molar-refractivity contribution in [3.8, 4) is 0 Å². The van der Waals surface area contributed by atoms with Crippen molar-refractivity contribution in [3.05, 3.63) is 48.3 Å². The zero-order valence-electron chi connectivity index (χ0n) is 12.2. The molecule has 21 heavy (non-hydrogen) atoms. The summed E-state index contributed by atoms with van der Waals surface area (Å²) in [6.07, 6.45) is 6.43. The molecule has 1 aromatic carbocycles. The van der Waals surface area contributed by atoms with Crippen molar-refractivity contribution >= 4 is 18.1 Å². The maximum atomic E-state index is 4.23. The van der Waals surface area contributed by atoms with Gasteiger partial charge < -0.3 is 10.6 Å². The van der Waals surface area contributed by atoms with Crippen LogP contribution in [0.25, 0.3) is 0 Å². The predicted molar refractivity (Wildman–Crippen MR) is 89.1 cm³/mol. The third-order valence-corrected chi connectivity index (χ3v) is 3.85. The molecule has 1 aliphatic heterocycles. The molecule has 1 aromatic heterocycles. The van der Waals surface area contributed by atoms with Crippen LogP contribution >= 0.6 is 12.4 Å². The Kier molecular flexibility index (Phi) is 6.08. The molecule has 1 atom stereocenters. The molecule has 0 saturated carbocycles. The molecule has 0 bridgehead atoms. The quantitative estimate of drug-likeness (QED) is 0.892. The lowest BCUT2D eigenvalue weighted by molar-refractivity contribution is 0.393. The fourth-order valence-corrected chi connectivity index (χ4v) is 2.67. The maximum Gasteiger partial charge on any atom is 0.0659 e. The minimum absolute atomic E-state index is 0. The molecule has 114 valence electrons. The average Bonchev–Trinajstić information content (AvgIpc) is 3.01. The number of aromatic nitrogens is 2. The summed E-state index contributed by atoms with van der Waals surface area (Å²) >= 11 is 0. The van der Waals surface area contributed by atoms with Crippen molar-refractivity contribution < 1.29 is 0 Å². The summed E-state index contributed by atoms with van der Waals surface area (Å²) in [6, 6.07) is 10.6. The Bertz CT molecular complexity index is 504. The van der Waals surface area contributed by atoms with Gasteiger partial charge in [0.25, 0.3) is 0 Å². The van der Waals surface area contributed by atoms with Gasteiger partial charge in [0.05, 0.1) is 6.54 Å². The fraction of sp³-hybridized carbons (Fsp3) is 0.438. The van der Waals surface area contributed by atoms with Crippen molar-refractivity contribution in [1.82, 2.24) is 15.1 Å². The molecule has 1 unspecified atom stereocenters. The van der Waals surface area contributed by atoms with Gasteiger partial charge in [0.1, 0.15) is 0 Å². The highest BCUT2D eigenvalue weighted by Crippen LogP contribution is 2.14. The molecule has 2 heterocycles. The van der Waals surface area contributed by atoms with E-state index in [9.17, 15) is 0 Å². The van der Waals surface area contributed by atoms with Crippen LogP contribution in [0.5, 0.6) is 0 Å². The van der Waals surface area contributed by atoms with E-state index in [4.69, 9.17) is 0 Å². The number of piperidine rings is 1. The third-order valence-electron chi connectivity index (χ3n) is 3.85. The first kappa shape index (κ1) is 15.9. The van der Waals surface area contributed by atoms with Gasteiger partial charge in [-0.15, -0.1) is 12.4 Å². The number of hydrogen-bond acceptors (Lipinski definition) is 3. The Hall–Kier alpha value is -1.52. The molecule has 0 spiro atoms. The van der Waals surface area contributed by atoms with Gasteiger partial charge in [-0.3, -0.25) is 4.68 Å². The van der Waals surface area contributed by atoms with E-state index in [2.05, 4.69) is 40.0 Å². The fourth-order valence-electron chi connectivity index (χ4n) is 2.67. The Labute approximate surface area is 132 Å². The number of halogens is 1. The van der Waals surface area contributed by atoms with E-state index in [1.165, 1.54) is 30.6 Å². The number of nitrogens with one attached hydrogen (secondary N) is 2. The summed E-state index contributed by atoms with van der Waals surface area (Å²) in [5.74, 6) is 0.757. The zero-order valence-corrected chi connectivity index (χ0v) is 13.0. The minimum atomic E-state index is 0. The van der Waals surface area contributed by atoms with Crippen LogP contribution in [-0.2, 0) is 6.54 Å². The van der Waals surface area contributed by atoms with Gasteiger partial charge >= 0.3 is 0 Å². The van der Waals surface area contributed by atoms with Crippen LogP contribution in [-0.4, -0.2) is 29.4 Å². The monoisotopic (exact) mass is 306 g/mol. The van der Waals surface area contributed by atoms with Gasteiger partial charge in [0.15, 0.2) is 0 Å². The molecule has 5 heteroatoms. The zero-order chi connectivity index (χ0) is 13.6. The molecule has 1 fully saturated rings.